The van der Waals surface area contributed by atoms with Gasteiger partial charge in [-0.2, -0.15) is 5.26 Å². The molecule has 156 valence electrons. The lowest BCUT2D eigenvalue weighted by Gasteiger charge is -2.10. The largest absolute Gasteiger partial charge is 0.454 e. The van der Waals surface area contributed by atoms with Crippen LogP contribution in [0.5, 0.6) is 0 Å². The van der Waals surface area contributed by atoms with E-state index in [0.29, 0.717) is 32.8 Å². The molecule has 3 rings (SSSR count). The van der Waals surface area contributed by atoms with E-state index < -0.39 is 18.4 Å². The van der Waals surface area contributed by atoms with Crippen LogP contribution in [0.25, 0.3) is 0 Å². The van der Waals surface area contributed by atoms with Gasteiger partial charge in [-0.15, -0.1) is 0 Å². The summed E-state index contributed by atoms with van der Waals surface area (Å²) in [6.07, 6.45) is 0. The van der Waals surface area contributed by atoms with Crippen molar-refractivity contribution in [1.29, 1.82) is 5.26 Å². The number of hydrogen-bond acceptors (Lipinski definition) is 6. The molecular weight excluding hydrogens is 412 g/mol. The Balaban J connectivity index is 1.76. The number of esters is 1. The molecule has 0 saturated carbocycles. The van der Waals surface area contributed by atoms with Crippen molar-refractivity contribution in [3.8, 4) is 6.07 Å². The Bertz CT molecular complexity index is 1220. The second-order valence-corrected chi connectivity index (χ2v) is 7.97. The normalized spacial score (nSPS) is 10.4. The maximum Gasteiger partial charge on any atom is 0.339 e. The number of aryl methyl sites for hydroxylation is 1. The predicted molar refractivity (Wildman–Crippen MR) is 117 cm³/mol. The van der Waals surface area contributed by atoms with Crippen LogP contribution in [0, 0.1) is 25.2 Å². The summed E-state index contributed by atoms with van der Waals surface area (Å²) in [4.78, 5) is 41.3. The summed E-state index contributed by atoms with van der Waals surface area (Å²) in [6.45, 7) is 4.40. The van der Waals surface area contributed by atoms with Gasteiger partial charge >= 0.3 is 5.97 Å². The summed E-state index contributed by atoms with van der Waals surface area (Å²) in [6, 6.07) is 16.1. The van der Waals surface area contributed by atoms with Crippen molar-refractivity contribution in [3.05, 3.63) is 82.2 Å². The molecule has 0 fully saturated rings. The van der Waals surface area contributed by atoms with Crippen molar-refractivity contribution < 1.29 is 19.1 Å². The molecule has 6 nitrogen and oxygen atoms in total. The molecule has 31 heavy (non-hydrogen) atoms. The summed E-state index contributed by atoms with van der Waals surface area (Å²) >= 11 is 1.28. The lowest BCUT2D eigenvalue weighted by Crippen LogP contribution is -2.16. The van der Waals surface area contributed by atoms with E-state index in [1.54, 1.807) is 56.3 Å². The molecule has 0 unspecified atom stereocenters. The van der Waals surface area contributed by atoms with E-state index in [2.05, 4.69) is 11.1 Å². The Labute approximate surface area is 184 Å². The molecule has 0 amide bonds. The first-order chi connectivity index (χ1) is 14.8. The number of carbonyl (C=O) groups excluding carboxylic acids is 3. The topological polar surface area (TPSA) is 100 Å². The van der Waals surface area contributed by atoms with Crippen molar-refractivity contribution in [2.75, 3.05) is 6.61 Å². The van der Waals surface area contributed by atoms with Gasteiger partial charge in [-0.3, -0.25) is 9.59 Å². The number of H-pyrrole nitrogens is 1. The zero-order valence-corrected chi connectivity index (χ0v) is 18.1. The zero-order valence-electron chi connectivity index (χ0n) is 17.3. The molecule has 3 aromatic rings. The fourth-order valence-electron chi connectivity index (χ4n) is 3.33. The Hall–Kier alpha value is -3.63. The number of ether oxygens (including phenoxy) is 1. The minimum atomic E-state index is -0.640. The lowest BCUT2D eigenvalue weighted by atomic mass is 10.1. The quantitative estimate of drug-likeness (QED) is 0.421. The van der Waals surface area contributed by atoms with Gasteiger partial charge in [0.15, 0.2) is 12.4 Å². The number of nitriles is 1. The first-order valence-corrected chi connectivity index (χ1v) is 10.3. The van der Waals surface area contributed by atoms with Crippen LogP contribution >= 0.6 is 11.8 Å². The van der Waals surface area contributed by atoms with Crippen LogP contribution in [0.15, 0.2) is 58.3 Å². The van der Waals surface area contributed by atoms with Crippen molar-refractivity contribution in [3.63, 3.8) is 0 Å². The molecule has 1 N–H and O–H groups in total. The Morgan fingerprint density at radius 2 is 1.68 bits per heavy atom. The van der Waals surface area contributed by atoms with Crippen molar-refractivity contribution in [1.82, 2.24) is 4.98 Å². The Morgan fingerprint density at radius 3 is 2.32 bits per heavy atom. The van der Waals surface area contributed by atoms with Crippen molar-refractivity contribution in [2.45, 2.75) is 30.6 Å². The number of hydrogen-bond donors (Lipinski definition) is 1. The maximum atomic E-state index is 12.7. The molecule has 0 aliphatic carbocycles. The molecule has 0 saturated heterocycles. The second kappa shape index (κ2) is 9.45. The van der Waals surface area contributed by atoms with E-state index in [4.69, 9.17) is 4.74 Å². The van der Waals surface area contributed by atoms with Gasteiger partial charge < -0.3 is 9.72 Å². The van der Waals surface area contributed by atoms with Crippen LogP contribution in [0.4, 0.5) is 0 Å². The molecule has 0 radical (unpaired) electrons. The molecule has 2 aromatic carbocycles. The van der Waals surface area contributed by atoms with E-state index in [-0.39, 0.29) is 11.5 Å². The highest BCUT2D eigenvalue weighted by Crippen LogP contribution is 2.33. The average Bonchev–Trinajstić information content (AvgIpc) is 3.06. The number of ketones is 2. The molecule has 0 spiro atoms. The fourth-order valence-corrected chi connectivity index (χ4v) is 4.34. The van der Waals surface area contributed by atoms with Crippen LogP contribution in [-0.4, -0.2) is 29.1 Å². The first-order valence-electron chi connectivity index (χ1n) is 9.50. The van der Waals surface area contributed by atoms with Gasteiger partial charge in [0.2, 0.25) is 5.78 Å². The number of nitrogens with zero attached hydrogens (tertiary/aromatic N) is 1. The number of rotatable bonds is 7. The smallest absolute Gasteiger partial charge is 0.339 e. The number of aromatic nitrogens is 1. The van der Waals surface area contributed by atoms with Crippen LogP contribution in [0.3, 0.4) is 0 Å². The first kappa shape index (κ1) is 22.1. The minimum Gasteiger partial charge on any atom is -0.454 e. The Morgan fingerprint density at radius 1 is 1.03 bits per heavy atom. The average molecular weight is 433 g/mol. The Kier molecular flexibility index (Phi) is 6.73. The predicted octanol–water partition coefficient (Wildman–Crippen LogP) is 4.90. The highest BCUT2D eigenvalue weighted by Gasteiger charge is 2.22. The SMILES string of the molecule is CC(=O)c1c(C)[nH]c(C(=O)COC(=O)c2ccccc2Sc2ccccc2C#N)c1C. The fraction of sp³-hybridized carbons (Fsp3) is 0.167. The third kappa shape index (κ3) is 4.76. The highest BCUT2D eigenvalue weighted by molar-refractivity contribution is 7.99. The summed E-state index contributed by atoms with van der Waals surface area (Å²) < 4.78 is 5.27. The van der Waals surface area contributed by atoms with Gasteiger partial charge in [0, 0.05) is 21.0 Å². The van der Waals surface area contributed by atoms with Gasteiger partial charge in [-0.1, -0.05) is 36.0 Å². The van der Waals surface area contributed by atoms with Crippen LogP contribution in [0.2, 0.25) is 0 Å². The number of nitrogens with one attached hydrogen (secondary N) is 1. The van der Waals surface area contributed by atoms with E-state index in [1.165, 1.54) is 18.7 Å². The third-order valence-electron chi connectivity index (χ3n) is 4.74. The molecule has 0 aliphatic heterocycles. The third-order valence-corrected chi connectivity index (χ3v) is 5.89. The number of aromatic amines is 1. The minimum absolute atomic E-state index is 0.133. The van der Waals surface area contributed by atoms with Crippen LogP contribution in [-0.2, 0) is 4.74 Å². The number of carbonyl (C=O) groups is 3. The molecule has 0 atom stereocenters. The van der Waals surface area contributed by atoms with Gasteiger partial charge in [-0.25, -0.2) is 4.79 Å². The van der Waals surface area contributed by atoms with Crippen LogP contribution < -0.4 is 0 Å². The monoisotopic (exact) mass is 432 g/mol. The van der Waals surface area contributed by atoms with E-state index in [1.807, 2.05) is 6.07 Å². The van der Waals surface area contributed by atoms with E-state index in [0.717, 1.165) is 4.90 Å². The van der Waals surface area contributed by atoms with Crippen molar-refractivity contribution in [2.24, 2.45) is 0 Å². The van der Waals surface area contributed by atoms with Crippen molar-refractivity contribution >= 4 is 29.3 Å². The van der Waals surface area contributed by atoms with Gasteiger partial charge in [0.1, 0.15) is 6.07 Å². The summed E-state index contributed by atoms with van der Waals surface area (Å²) in [7, 11) is 0. The molecule has 1 aromatic heterocycles. The molecule has 7 heteroatoms. The molecule has 0 bridgehead atoms. The summed E-state index contributed by atoms with van der Waals surface area (Å²) in [5.74, 6) is -1.19. The zero-order chi connectivity index (χ0) is 22.5. The van der Waals surface area contributed by atoms with E-state index >= 15 is 0 Å². The second-order valence-electron chi connectivity index (χ2n) is 6.89. The summed E-state index contributed by atoms with van der Waals surface area (Å²) in [5, 5.41) is 9.29. The molecule has 0 aliphatic rings. The molecule has 1 heterocycles. The maximum absolute atomic E-state index is 12.7. The van der Waals surface area contributed by atoms with Crippen LogP contribution in [0.1, 0.15) is 54.9 Å². The van der Waals surface area contributed by atoms with Gasteiger partial charge in [0.05, 0.1) is 16.8 Å². The van der Waals surface area contributed by atoms with E-state index in [9.17, 15) is 19.6 Å². The lowest BCUT2D eigenvalue weighted by molar-refractivity contribution is 0.0470. The van der Waals surface area contributed by atoms with Gasteiger partial charge in [0.25, 0.3) is 0 Å². The number of Topliss-reactive ketones (excluding diaryl/α,β-unsaturated/α-hetero) is 2. The number of benzene rings is 2. The highest BCUT2D eigenvalue weighted by atomic mass is 32.2. The standard InChI is InChI=1S/C24H20N2O4S/c1-14-22(16(3)27)15(2)26-23(14)19(28)13-30-24(29)18-9-5-7-11-21(18)31-20-10-6-4-8-17(20)12-25/h4-11,26H,13H2,1-3H3. The van der Waals surface area contributed by atoms with Gasteiger partial charge in [-0.05, 0) is 50.6 Å². The summed E-state index contributed by atoms with van der Waals surface area (Å²) in [5.41, 5.74) is 2.71. The molecular formula is C24H20N2O4S.